The quantitative estimate of drug-likeness (QED) is 0.264. The van der Waals surface area contributed by atoms with Gasteiger partial charge in [0.05, 0.1) is 17.1 Å². The number of phenolic OH excluding ortho intramolecular Hbond substituents is 1. The summed E-state index contributed by atoms with van der Waals surface area (Å²) >= 11 is 0. The zero-order chi connectivity index (χ0) is 26.5. The van der Waals surface area contributed by atoms with Crippen LogP contribution in [-0.2, 0) is 16.1 Å². The Morgan fingerprint density at radius 3 is 2.29 bits per heavy atom. The molecule has 3 aromatic carbocycles. The number of phenols is 1. The van der Waals surface area contributed by atoms with Gasteiger partial charge in [-0.1, -0.05) is 30.3 Å². The van der Waals surface area contributed by atoms with E-state index in [1.165, 1.54) is 6.92 Å². The zero-order valence-corrected chi connectivity index (χ0v) is 21.1. The normalized spacial score (nSPS) is 13.8. The van der Waals surface area contributed by atoms with Crippen molar-refractivity contribution in [2.45, 2.75) is 32.3 Å². The first-order chi connectivity index (χ1) is 18.5. The van der Waals surface area contributed by atoms with Crippen molar-refractivity contribution in [1.29, 1.82) is 0 Å². The van der Waals surface area contributed by atoms with Gasteiger partial charge in [-0.25, -0.2) is 9.48 Å². The molecule has 1 aliphatic rings. The van der Waals surface area contributed by atoms with E-state index in [0.717, 1.165) is 41.0 Å². The van der Waals surface area contributed by atoms with Crippen molar-refractivity contribution >= 4 is 12.1 Å². The van der Waals surface area contributed by atoms with Crippen molar-refractivity contribution in [3.63, 3.8) is 0 Å². The molecule has 8 heteroatoms. The Balaban J connectivity index is 1.32. The molecule has 0 unspecified atom stereocenters. The number of likely N-dealkylation sites (tertiary alicyclic amines) is 1. The summed E-state index contributed by atoms with van der Waals surface area (Å²) in [6.07, 6.45) is 1.26. The molecular formula is C30H29N3O5. The molecule has 0 spiro atoms. The van der Waals surface area contributed by atoms with Gasteiger partial charge in [0.2, 0.25) is 0 Å². The fourth-order valence-corrected chi connectivity index (χ4v) is 4.62. The molecule has 0 atom stereocenters. The SMILES string of the molecule is CC(=O)Oc1ccc(-n2nc(C3CCN(C(=O)OCc4ccccc4)CC3)cc2-c2ccc(O)cc2)cc1. The molecule has 1 aromatic heterocycles. The van der Waals surface area contributed by atoms with Gasteiger partial charge < -0.3 is 19.5 Å². The largest absolute Gasteiger partial charge is 0.508 e. The molecule has 5 rings (SSSR count). The van der Waals surface area contributed by atoms with Crippen LogP contribution in [0.15, 0.2) is 84.9 Å². The van der Waals surface area contributed by atoms with Crippen LogP contribution in [0.3, 0.4) is 0 Å². The monoisotopic (exact) mass is 511 g/mol. The topological polar surface area (TPSA) is 93.9 Å². The van der Waals surface area contributed by atoms with Gasteiger partial charge >= 0.3 is 12.1 Å². The number of carbonyl (C=O) groups is 2. The zero-order valence-electron chi connectivity index (χ0n) is 21.1. The van der Waals surface area contributed by atoms with E-state index >= 15 is 0 Å². The number of benzene rings is 3. The van der Waals surface area contributed by atoms with Crippen molar-refractivity contribution in [3.05, 3.63) is 96.2 Å². The van der Waals surface area contributed by atoms with Gasteiger partial charge in [0.25, 0.3) is 0 Å². The summed E-state index contributed by atoms with van der Waals surface area (Å²) in [7, 11) is 0. The summed E-state index contributed by atoms with van der Waals surface area (Å²) in [5.74, 6) is 0.466. The van der Waals surface area contributed by atoms with Crippen molar-refractivity contribution in [2.24, 2.45) is 0 Å². The fourth-order valence-electron chi connectivity index (χ4n) is 4.62. The van der Waals surface area contributed by atoms with Crippen LogP contribution in [0, 0.1) is 0 Å². The lowest BCUT2D eigenvalue weighted by Crippen LogP contribution is -2.38. The van der Waals surface area contributed by atoms with Crippen LogP contribution >= 0.6 is 0 Å². The second-order valence-corrected chi connectivity index (χ2v) is 9.30. The molecule has 8 nitrogen and oxygen atoms in total. The number of hydrogen-bond donors (Lipinski definition) is 1. The fraction of sp³-hybridized carbons (Fsp3) is 0.233. The summed E-state index contributed by atoms with van der Waals surface area (Å²) in [5, 5.41) is 14.7. The van der Waals surface area contributed by atoms with E-state index in [9.17, 15) is 14.7 Å². The first-order valence-electron chi connectivity index (χ1n) is 12.6. The average molecular weight is 512 g/mol. The van der Waals surface area contributed by atoms with Crippen LogP contribution in [0.2, 0.25) is 0 Å². The summed E-state index contributed by atoms with van der Waals surface area (Å²) in [6, 6.07) is 25.9. The number of esters is 1. The van der Waals surface area contributed by atoms with Crippen molar-refractivity contribution in [2.75, 3.05) is 13.1 Å². The highest BCUT2D eigenvalue weighted by Gasteiger charge is 2.27. The number of amides is 1. The van der Waals surface area contributed by atoms with Crippen molar-refractivity contribution < 1.29 is 24.2 Å². The minimum atomic E-state index is -0.376. The highest BCUT2D eigenvalue weighted by Crippen LogP contribution is 2.33. The third kappa shape index (κ3) is 5.86. The predicted molar refractivity (Wildman–Crippen MR) is 142 cm³/mol. The van der Waals surface area contributed by atoms with Crippen LogP contribution in [0.25, 0.3) is 16.9 Å². The third-order valence-corrected chi connectivity index (χ3v) is 6.61. The Hall–Kier alpha value is -4.59. The molecule has 0 saturated carbocycles. The van der Waals surface area contributed by atoms with Gasteiger partial charge in [-0.3, -0.25) is 4.79 Å². The molecule has 2 heterocycles. The Morgan fingerprint density at radius 2 is 1.63 bits per heavy atom. The van der Waals surface area contributed by atoms with E-state index in [0.29, 0.717) is 18.8 Å². The van der Waals surface area contributed by atoms with E-state index < -0.39 is 0 Å². The molecule has 1 amide bonds. The van der Waals surface area contributed by atoms with E-state index in [2.05, 4.69) is 6.07 Å². The van der Waals surface area contributed by atoms with Crippen molar-refractivity contribution in [1.82, 2.24) is 14.7 Å². The molecule has 0 aliphatic carbocycles. The number of nitrogens with zero attached hydrogens (tertiary/aromatic N) is 3. The van der Waals surface area contributed by atoms with Crippen LogP contribution in [0.1, 0.15) is 36.9 Å². The highest BCUT2D eigenvalue weighted by atomic mass is 16.6. The van der Waals surface area contributed by atoms with Crippen LogP contribution in [0.5, 0.6) is 11.5 Å². The van der Waals surface area contributed by atoms with Crippen LogP contribution < -0.4 is 4.74 Å². The Morgan fingerprint density at radius 1 is 0.947 bits per heavy atom. The van der Waals surface area contributed by atoms with Gasteiger partial charge in [0.15, 0.2) is 0 Å². The summed E-state index contributed by atoms with van der Waals surface area (Å²) < 4.78 is 12.5. The summed E-state index contributed by atoms with van der Waals surface area (Å²) in [5.41, 5.74) is 4.51. The van der Waals surface area contributed by atoms with E-state index in [4.69, 9.17) is 14.6 Å². The van der Waals surface area contributed by atoms with Gasteiger partial charge in [0.1, 0.15) is 18.1 Å². The van der Waals surface area contributed by atoms with Gasteiger partial charge in [-0.15, -0.1) is 0 Å². The van der Waals surface area contributed by atoms with Gasteiger partial charge in [0, 0.05) is 31.5 Å². The molecule has 1 saturated heterocycles. The minimum Gasteiger partial charge on any atom is -0.508 e. The number of aromatic hydroxyl groups is 1. The van der Waals surface area contributed by atoms with E-state index in [1.54, 1.807) is 29.2 Å². The van der Waals surface area contributed by atoms with E-state index in [-0.39, 0.29) is 30.3 Å². The maximum atomic E-state index is 12.6. The molecule has 1 fully saturated rings. The molecule has 1 N–H and O–H groups in total. The number of piperidine rings is 1. The number of aromatic nitrogens is 2. The molecule has 0 bridgehead atoms. The van der Waals surface area contributed by atoms with Gasteiger partial charge in [-0.2, -0.15) is 5.10 Å². The number of ether oxygens (including phenoxy) is 2. The Kier molecular flexibility index (Phi) is 7.40. The van der Waals surface area contributed by atoms with Crippen LogP contribution in [0.4, 0.5) is 4.79 Å². The summed E-state index contributed by atoms with van der Waals surface area (Å²) in [4.78, 5) is 25.6. The third-order valence-electron chi connectivity index (χ3n) is 6.61. The second kappa shape index (κ2) is 11.2. The molecule has 194 valence electrons. The number of hydrogen-bond acceptors (Lipinski definition) is 6. The highest BCUT2D eigenvalue weighted by molar-refractivity contribution is 5.70. The number of carbonyl (C=O) groups excluding carboxylic acids is 2. The van der Waals surface area contributed by atoms with E-state index in [1.807, 2.05) is 59.3 Å². The maximum absolute atomic E-state index is 12.6. The molecule has 38 heavy (non-hydrogen) atoms. The Bertz CT molecular complexity index is 1390. The lowest BCUT2D eigenvalue weighted by molar-refractivity contribution is -0.131. The minimum absolute atomic E-state index is 0.186. The molecule has 1 aliphatic heterocycles. The number of rotatable bonds is 6. The molecule has 0 radical (unpaired) electrons. The lowest BCUT2D eigenvalue weighted by atomic mass is 9.93. The molecular weight excluding hydrogens is 482 g/mol. The Labute approximate surface area is 221 Å². The standard InChI is InChI=1S/C30H29N3O5/c1-21(34)38-27-13-9-25(10-14-27)33-29(24-7-11-26(35)12-8-24)19-28(31-33)23-15-17-32(18-16-23)30(36)37-20-22-5-3-2-4-6-22/h2-14,19,23,35H,15-18,20H2,1H3. The van der Waals surface area contributed by atoms with Gasteiger partial charge in [-0.05, 0) is 73.0 Å². The maximum Gasteiger partial charge on any atom is 0.410 e. The van der Waals surface area contributed by atoms with Crippen molar-refractivity contribution in [3.8, 4) is 28.4 Å². The first-order valence-corrected chi connectivity index (χ1v) is 12.6. The smallest absolute Gasteiger partial charge is 0.410 e. The second-order valence-electron chi connectivity index (χ2n) is 9.30. The lowest BCUT2D eigenvalue weighted by Gasteiger charge is -2.30. The van der Waals surface area contributed by atoms with Crippen LogP contribution in [-0.4, -0.2) is 44.9 Å². The predicted octanol–water partition coefficient (Wildman–Crippen LogP) is 5.69. The summed E-state index contributed by atoms with van der Waals surface area (Å²) in [6.45, 7) is 2.81. The first kappa shape index (κ1) is 25.1. The molecule has 4 aromatic rings. The average Bonchev–Trinajstić information content (AvgIpc) is 3.38.